The average Bonchev–Trinajstić information content (AvgIpc) is 2.81. The van der Waals surface area contributed by atoms with Gasteiger partial charge in [0.2, 0.25) is 15.9 Å². The molecule has 9 nitrogen and oxygen atoms in total. The van der Waals surface area contributed by atoms with E-state index in [4.69, 9.17) is 0 Å². The highest BCUT2D eigenvalue weighted by atomic mass is 32.2. The first-order valence-electron chi connectivity index (χ1n) is 10.1. The van der Waals surface area contributed by atoms with Crippen molar-refractivity contribution in [2.45, 2.75) is 6.18 Å². The number of anilines is 1. The minimum absolute atomic E-state index is 0.0631. The maximum Gasteiger partial charge on any atom is 0.416 e. The molecule has 34 heavy (non-hydrogen) atoms. The topological polar surface area (TPSA) is 113 Å². The Kier molecular flexibility index (Phi) is 7.57. The molecule has 0 unspecified atom stereocenters. The zero-order valence-electron chi connectivity index (χ0n) is 17.7. The van der Waals surface area contributed by atoms with Gasteiger partial charge in [-0.25, -0.2) is 8.42 Å². The summed E-state index contributed by atoms with van der Waals surface area (Å²) in [5, 5.41) is 14.8. The molecule has 0 atom stereocenters. The van der Waals surface area contributed by atoms with Crippen molar-refractivity contribution < 1.29 is 31.3 Å². The van der Waals surface area contributed by atoms with Crippen LogP contribution in [-0.2, 0) is 21.0 Å². The van der Waals surface area contributed by atoms with Gasteiger partial charge in [0.15, 0.2) is 0 Å². The van der Waals surface area contributed by atoms with E-state index in [-0.39, 0.29) is 31.9 Å². The van der Waals surface area contributed by atoms with Gasteiger partial charge in [0, 0.05) is 37.7 Å². The Morgan fingerprint density at radius 3 is 2.32 bits per heavy atom. The molecular weight excluding hydrogens is 477 g/mol. The van der Waals surface area contributed by atoms with Crippen LogP contribution in [-0.4, -0.2) is 61.2 Å². The van der Waals surface area contributed by atoms with Crippen LogP contribution in [0.4, 0.5) is 24.5 Å². The molecule has 13 heteroatoms. The second-order valence-electron chi connectivity index (χ2n) is 7.38. The lowest BCUT2D eigenvalue weighted by Gasteiger charge is -2.33. The van der Waals surface area contributed by atoms with Gasteiger partial charge in [0.05, 0.1) is 17.0 Å². The zero-order valence-corrected chi connectivity index (χ0v) is 18.6. The van der Waals surface area contributed by atoms with Gasteiger partial charge in [-0.05, 0) is 23.8 Å². The van der Waals surface area contributed by atoms with E-state index in [0.717, 1.165) is 17.0 Å². The van der Waals surface area contributed by atoms with E-state index in [2.05, 4.69) is 5.32 Å². The summed E-state index contributed by atoms with van der Waals surface area (Å²) >= 11 is 0. The normalized spacial score (nSPS) is 15.4. The zero-order chi connectivity index (χ0) is 24.9. The number of piperazine rings is 1. The summed E-state index contributed by atoms with van der Waals surface area (Å²) < 4.78 is 64.7. The van der Waals surface area contributed by atoms with Crippen LogP contribution in [0.3, 0.4) is 0 Å². The Balaban J connectivity index is 1.57. The monoisotopic (exact) mass is 498 g/mol. The fraction of sp³-hybridized carbons (Fsp3) is 0.286. The van der Waals surface area contributed by atoms with Crippen LogP contribution in [0.1, 0.15) is 11.1 Å². The summed E-state index contributed by atoms with van der Waals surface area (Å²) in [6.07, 6.45) is -3.26. The van der Waals surface area contributed by atoms with Crippen LogP contribution in [0.25, 0.3) is 6.08 Å². The van der Waals surface area contributed by atoms with Crippen LogP contribution >= 0.6 is 0 Å². The molecule has 1 heterocycles. The van der Waals surface area contributed by atoms with Gasteiger partial charge >= 0.3 is 6.18 Å². The van der Waals surface area contributed by atoms with Crippen LogP contribution in [0.5, 0.6) is 0 Å². The number of nitrogens with one attached hydrogen (secondary N) is 1. The number of carbonyl (C=O) groups excluding carboxylic acids is 1. The van der Waals surface area contributed by atoms with E-state index >= 15 is 0 Å². The standard InChI is InChI=1S/C21H21F3N4O5S/c22-21(23,24)17-6-7-18(19(14-17)28(30)31)25-15-20(29)26-9-11-27(12-10-26)34(32,33)13-8-16-4-2-1-3-5-16/h1-8,13-14,25H,9-12,15H2/b13-8+. The highest BCUT2D eigenvalue weighted by Gasteiger charge is 2.33. The molecule has 2 aromatic rings. The number of alkyl halides is 3. The summed E-state index contributed by atoms with van der Waals surface area (Å²) in [4.78, 5) is 24.1. The molecule has 1 N–H and O–H groups in total. The molecule has 1 aliphatic rings. The van der Waals surface area contributed by atoms with Gasteiger partial charge in [-0.3, -0.25) is 14.9 Å². The van der Waals surface area contributed by atoms with Crippen molar-refractivity contribution in [1.29, 1.82) is 0 Å². The van der Waals surface area contributed by atoms with E-state index in [1.165, 1.54) is 15.3 Å². The molecule has 0 radical (unpaired) electrons. The Morgan fingerprint density at radius 2 is 1.74 bits per heavy atom. The van der Waals surface area contributed by atoms with E-state index in [1.54, 1.807) is 24.3 Å². The quantitative estimate of drug-likeness (QED) is 0.464. The summed E-state index contributed by atoms with van der Waals surface area (Å²) in [6.45, 7) is -0.0593. The van der Waals surface area contributed by atoms with Crippen molar-refractivity contribution >= 4 is 33.4 Å². The molecule has 1 aliphatic heterocycles. The van der Waals surface area contributed by atoms with Gasteiger partial charge < -0.3 is 10.2 Å². The van der Waals surface area contributed by atoms with Crippen molar-refractivity contribution in [3.8, 4) is 0 Å². The number of nitro groups is 1. The summed E-state index contributed by atoms with van der Waals surface area (Å²) in [5.74, 6) is -0.467. The van der Waals surface area contributed by atoms with Crippen LogP contribution in [0.2, 0.25) is 0 Å². The highest BCUT2D eigenvalue weighted by molar-refractivity contribution is 7.92. The third kappa shape index (κ3) is 6.32. The molecule has 0 saturated carbocycles. The minimum Gasteiger partial charge on any atom is -0.371 e. The SMILES string of the molecule is O=C(CNc1ccc(C(F)(F)F)cc1[N+](=O)[O-])N1CCN(S(=O)(=O)/C=C/c2ccccc2)CC1. The number of hydrogen-bond acceptors (Lipinski definition) is 6. The fourth-order valence-corrected chi connectivity index (χ4v) is 4.47. The van der Waals surface area contributed by atoms with Crippen molar-refractivity contribution in [3.63, 3.8) is 0 Å². The van der Waals surface area contributed by atoms with Crippen molar-refractivity contribution in [1.82, 2.24) is 9.21 Å². The van der Waals surface area contributed by atoms with Gasteiger partial charge in [-0.1, -0.05) is 30.3 Å². The molecule has 0 spiro atoms. The number of halogens is 3. The molecule has 3 rings (SSSR count). The maximum absolute atomic E-state index is 12.8. The van der Waals surface area contributed by atoms with Crippen molar-refractivity contribution in [2.24, 2.45) is 0 Å². The number of amides is 1. The summed E-state index contributed by atoms with van der Waals surface area (Å²) in [5.41, 5.74) is -1.47. The van der Waals surface area contributed by atoms with Gasteiger partial charge in [-0.2, -0.15) is 17.5 Å². The number of carbonyl (C=O) groups is 1. The molecule has 1 fully saturated rings. The lowest BCUT2D eigenvalue weighted by molar-refractivity contribution is -0.384. The lowest BCUT2D eigenvalue weighted by Crippen LogP contribution is -2.51. The van der Waals surface area contributed by atoms with Crippen molar-refractivity contribution in [3.05, 3.63) is 75.2 Å². The second-order valence-corrected chi connectivity index (χ2v) is 9.20. The second kappa shape index (κ2) is 10.2. The summed E-state index contributed by atoms with van der Waals surface area (Å²) in [6, 6.07) is 10.9. The Morgan fingerprint density at radius 1 is 1.09 bits per heavy atom. The first kappa shape index (κ1) is 25.2. The van der Waals surface area contributed by atoms with Gasteiger partial charge in [-0.15, -0.1) is 0 Å². The fourth-order valence-electron chi connectivity index (χ4n) is 3.30. The largest absolute Gasteiger partial charge is 0.416 e. The highest BCUT2D eigenvalue weighted by Crippen LogP contribution is 2.34. The first-order valence-corrected chi connectivity index (χ1v) is 11.6. The number of rotatable bonds is 7. The van der Waals surface area contributed by atoms with Crippen LogP contribution in [0, 0.1) is 10.1 Å². The molecule has 0 bridgehead atoms. The number of hydrogen-bond donors (Lipinski definition) is 1. The molecule has 182 valence electrons. The third-order valence-electron chi connectivity index (χ3n) is 5.14. The third-order valence-corrected chi connectivity index (χ3v) is 6.70. The number of nitrogens with zero attached hydrogens (tertiary/aromatic N) is 3. The van der Waals surface area contributed by atoms with Crippen molar-refractivity contribution in [2.75, 3.05) is 38.0 Å². The van der Waals surface area contributed by atoms with Crippen LogP contribution in [0.15, 0.2) is 53.9 Å². The minimum atomic E-state index is -4.74. The number of nitro benzene ring substituents is 1. The number of sulfonamides is 1. The van der Waals surface area contributed by atoms with E-state index in [1.807, 2.05) is 6.07 Å². The average molecular weight is 498 g/mol. The first-order chi connectivity index (χ1) is 16.0. The van der Waals surface area contributed by atoms with Crippen LogP contribution < -0.4 is 5.32 Å². The van der Waals surface area contributed by atoms with E-state index in [0.29, 0.717) is 12.1 Å². The predicted octanol–water partition coefficient (Wildman–Crippen LogP) is 3.17. The molecule has 0 aliphatic carbocycles. The molecule has 1 saturated heterocycles. The molecule has 0 aromatic heterocycles. The Labute approximate surface area is 193 Å². The predicted molar refractivity (Wildman–Crippen MR) is 119 cm³/mol. The maximum atomic E-state index is 12.8. The molecule has 1 amide bonds. The van der Waals surface area contributed by atoms with Gasteiger partial charge in [0.1, 0.15) is 5.69 Å². The Hall–Kier alpha value is -3.45. The lowest BCUT2D eigenvalue weighted by atomic mass is 10.1. The smallest absolute Gasteiger partial charge is 0.371 e. The molecular formula is C21H21F3N4O5S. The molecule has 2 aromatic carbocycles. The number of benzene rings is 2. The summed E-state index contributed by atoms with van der Waals surface area (Å²) in [7, 11) is -3.68. The van der Waals surface area contributed by atoms with E-state index < -0.39 is 44.8 Å². The van der Waals surface area contributed by atoms with Gasteiger partial charge in [0.25, 0.3) is 5.69 Å². The van der Waals surface area contributed by atoms with E-state index in [9.17, 15) is 36.5 Å². The Bertz CT molecular complexity index is 1180.